The first-order valence-electron chi connectivity index (χ1n) is 16.7. The maximum Gasteiger partial charge on any atom is 0.265 e. The van der Waals surface area contributed by atoms with Crippen molar-refractivity contribution in [1.29, 1.82) is 0 Å². The van der Waals surface area contributed by atoms with E-state index in [0.29, 0.717) is 34.9 Å². The van der Waals surface area contributed by atoms with Crippen LogP contribution in [-0.2, 0) is 0 Å². The van der Waals surface area contributed by atoms with Crippen molar-refractivity contribution in [1.82, 2.24) is 4.90 Å². The molecule has 8 rings (SSSR count). The minimum atomic E-state index is -0.640. The molecule has 0 saturated carbocycles. The van der Waals surface area contributed by atoms with Crippen LogP contribution in [0.15, 0.2) is 84.9 Å². The highest BCUT2D eigenvalue weighted by atomic mass is 16.2. The van der Waals surface area contributed by atoms with Crippen molar-refractivity contribution in [2.75, 3.05) is 16.3 Å². The van der Waals surface area contributed by atoms with Crippen LogP contribution in [0.1, 0.15) is 108 Å². The summed E-state index contributed by atoms with van der Waals surface area (Å²) in [5, 5.41) is 1.97. The van der Waals surface area contributed by atoms with E-state index >= 15 is 0 Å². The number of carbonyl (C=O) groups excluding carboxylic acids is 6. The Hall–Kier alpha value is -5.96. The van der Waals surface area contributed by atoms with Gasteiger partial charge in [0.15, 0.2) is 0 Å². The number of amides is 6. The predicted octanol–water partition coefficient (Wildman–Crippen LogP) is 7.55. The lowest BCUT2D eigenvalue weighted by atomic mass is 9.85. The zero-order valence-electron chi connectivity index (χ0n) is 26.8. The van der Waals surface area contributed by atoms with Crippen LogP contribution < -0.4 is 9.80 Å². The zero-order chi connectivity index (χ0) is 34.0. The van der Waals surface area contributed by atoms with Gasteiger partial charge in [0, 0.05) is 56.1 Å². The molecule has 5 aromatic rings. The molecule has 0 fully saturated rings. The van der Waals surface area contributed by atoms with Crippen molar-refractivity contribution in [3.05, 3.63) is 118 Å². The molecule has 0 saturated heterocycles. The average Bonchev–Trinajstić information content (AvgIpc) is 3.11. The average molecular weight is 650 g/mol. The van der Waals surface area contributed by atoms with E-state index < -0.39 is 35.4 Å². The monoisotopic (exact) mass is 649 g/mol. The third-order valence-electron chi connectivity index (χ3n) is 9.83. The number of carbonyl (C=O) groups is 6. The lowest BCUT2D eigenvalue weighted by Gasteiger charge is -2.32. The fraction of sp³-hybridized carbons (Fsp3) is 0.200. The summed E-state index contributed by atoms with van der Waals surface area (Å²) in [4.78, 5) is 86.2. The van der Waals surface area contributed by atoms with Gasteiger partial charge in [0.2, 0.25) is 0 Å². The van der Waals surface area contributed by atoms with E-state index in [-0.39, 0.29) is 39.0 Å². The molecular formula is C40H31N3O6. The van der Waals surface area contributed by atoms with Crippen molar-refractivity contribution < 1.29 is 28.8 Å². The molecule has 0 bridgehead atoms. The summed E-state index contributed by atoms with van der Waals surface area (Å²) in [6.45, 7) is 2.45. The maximum absolute atomic E-state index is 14.1. The molecule has 0 unspecified atom stereocenters. The Morgan fingerprint density at radius 2 is 0.837 bits per heavy atom. The summed E-state index contributed by atoms with van der Waals surface area (Å²) in [6, 6.07) is 22.9. The third kappa shape index (κ3) is 4.53. The molecule has 3 aliphatic rings. The topological polar surface area (TPSA) is 112 Å². The Morgan fingerprint density at radius 3 is 1.33 bits per heavy atom. The van der Waals surface area contributed by atoms with Crippen LogP contribution in [-0.4, -0.2) is 46.9 Å². The molecule has 0 aliphatic carbocycles. The standard InChI is InChI=1S/C40H31N3O6/c1-2-3-4-5-6-7-21-41-35(44)28-17-19-30-34-31(20-18-29(33(28)34)36(41)45)40(49)43(39(30)48)25-14-10-13-24(22-25)42-37(46)26-15-8-11-23-12-9-16-27(32(23)26)38(42)47/h8-20,22H,2-7,21H2,1H3. The molecule has 49 heavy (non-hydrogen) atoms. The fourth-order valence-electron chi connectivity index (χ4n) is 7.45. The van der Waals surface area contributed by atoms with E-state index in [0.717, 1.165) is 47.3 Å². The molecule has 0 N–H and O–H groups in total. The Bertz CT molecular complexity index is 2200. The van der Waals surface area contributed by atoms with Crippen molar-refractivity contribution in [2.45, 2.75) is 45.4 Å². The highest BCUT2D eigenvalue weighted by Crippen LogP contribution is 2.40. The van der Waals surface area contributed by atoms with E-state index in [1.807, 2.05) is 12.1 Å². The van der Waals surface area contributed by atoms with Gasteiger partial charge in [-0.25, -0.2) is 9.80 Å². The smallest absolute Gasteiger partial charge is 0.265 e. The number of nitrogens with zero attached hydrogens (tertiary/aromatic N) is 3. The Morgan fingerprint density at radius 1 is 0.429 bits per heavy atom. The quantitative estimate of drug-likeness (QED) is 0.120. The summed E-state index contributed by atoms with van der Waals surface area (Å²) >= 11 is 0. The summed E-state index contributed by atoms with van der Waals surface area (Å²) in [6.07, 6.45) is 6.08. The minimum absolute atomic E-state index is 0.168. The Kier molecular flexibility index (Phi) is 7.21. The number of imide groups is 3. The Labute approximate surface area is 281 Å². The molecule has 3 aliphatic heterocycles. The van der Waals surface area contributed by atoms with Gasteiger partial charge in [0.05, 0.1) is 11.4 Å². The van der Waals surface area contributed by atoms with Crippen LogP contribution in [0.5, 0.6) is 0 Å². The molecule has 6 amide bonds. The van der Waals surface area contributed by atoms with Crippen LogP contribution >= 0.6 is 0 Å². The second-order valence-electron chi connectivity index (χ2n) is 12.7. The van der Waals surface area contributed by atoms with Crippen molar-refractivity contribution in [3.63, 3.8) is 0 Å². The van der Waals surface area contributed by atoms with E-state index in [1.54, 1.807) is 54.6 Å². The maximum atomic E-state index is 14.1. The first-order chi connectivity index (χ1) is 23.8. The first-order valence-corrected chi connectivity index (χ1v) is 16.7. The largest absolute Gasteiger partial charge is 0.274 e. The lowest BCUT2D eigenvalue weighted by Crippen LogP contribution is -2.44. The van der Waals surface area contributed by atoms with Gasteiger partial charge in [-0.15, -0.1) is 0 Å². The number of rotatable bonds is 9. The summed E-state index contributed by atoms with van der Waals surface area (Å²) in [7, 11) is 0. The van der Waals surface area contributed by atoms with E-state index in [2.05, 4.69) is 6.92 Å². The number of benzene rings is 5. The second-order valence-corrected chi connectivity index (χ2v) is 12.7. The predicted molar refractivity (Wildman–Crippen MR) is 185 cm³/mol. The zero-order valence-corrected chi connectivity index (χ0v) is 26.8. The van der Waals surface area contributed by atoms with Gasteiger partial charge in [-0.1, -0.05) is 69.4 Å². The number of hydrogen-bond donors (Lipinski definition) is 0. The molecule has 0 spiro atoms. The molecule has 242 valence electrons. The number of hydrogen-bond acceptors (Lipinski definition) is 6. The molecule has 5 aromatic carbocycles. The number of anilines is 2. The lowest BCUT2D eigenvalue weighted by molar-refractivity contribution is 0.0605. The van der Waals surface area contributed by atoms with Gasteiger partial charge >= 0.3 is 0 Å². The molecule has 0 aromatic heterocycles. The first kappa shape index (κ1) is 30.4. The molecule has 9 nitrogen and oxygen atoms in total. The van der Waals surface area contributed by atoms with Gasteiger partial charge in [0.1, 0.15) is 0 Å². The molecule has 0 radical (unpaired) electrons. The van der Waals surface area contributed by atoms with Crippen LogP contribution in [0.4, 0.5) is 11.4 Å². The molecule has 9 heteroatoms. The van der Waals surface area contributed by atoms with Gasteiger partial charge in [-0.3, -0.25) is 33.7 Å². The fourth-order valence-corrected chi connectivity index (χ4v) is 7.45. The van der Waals surface area contributed by atoms with Crippen LogP contribution in [0, 0.1) is 0 Å². The van der Waals surface area contributed by atoms with Gasteiger partial charge < -0.3 is 0 Å². The van der Waals surface area contributed by atoms with Gasteiger partial charge in [-0.2, -0.15) is 0 Å². The molecule has 0 atom stereocenters. The SMILES string of the molecule is CCCCCCCCN1C(=O)c2ccc3c4c(ccc(c24)C1=O)C(=O)N(c1cccc(N2C(=O)c4cccc5cccc(c45)C2=O)c1)C3=O. The highest BCUT2D eigenvalue weighted by molar-refractivity contribution is 6.40. The van der Waals surface area contributed by atoms with E-state index in [1.165, 1.54) is 23.1 Å². The van der Waals surface area contributed by atoms with Crippen molar-refractivity contribution >= 4 is 68.4 Å². The Balaban J connectivity index is 1.13. The van der Waals surface area contributed by atoms with E-state index in [9.17, 15) is 28.8 Å². The highest BCUT2D eigenvalue weighted by Gasteiger charge is 2.41. The normalized spacial score (nSPS) is 15.3. The third-order valence-corrected chi connectivity index (χ3v) is 9.83. The van der Waals surface area contributed by atoms with Gasteiger partial charge in [0.25, 0.3) is 35.4 Å². The van der Waals surface area contributed by atoms with Crippen molar-refractivity contribution in [2.24, 2.45) is 0 Å². The van der Waals surface area contributed by atoms with Crippen LogP contribution in [0.2, 0.25) is 0 Å². The number of unbranched alkanes of at least 4 members (excludes halogenated alkanes) is 5. The summed E-state index contributed by atoms with van der Waals surface area (Å²) in [5.74, 6) is -3.16. The summed E-state index contributed by atoms with van der Waals surface area (Å²) < 4.78 is 0. The second kappa shape index (κ2) is 11.6. The van der Waals surface area contributed by atoms with Crippen LogP contribution in [0.3, 0.4) is 0 Å². The van der Waals surface area contributed by atoms with Crippen LogP contribution in [0.25, 0.3) is 21.5 Å². The molecule has 3 heterocycles. The molecular weight excluding hydrogens is 618 g/mol. The van der Waals surface area contributed by atoms with Gasteiger partial charge in [-0.05, 0) is 66.4 Å². The van der Waals surface area contributed by atoms with E-state index in [4.69, 9.17) is 0 Å². The van der Waals surface area contributed by atoms with Crippen molar-refractivity contribution in [3.8, 4) is 0 Å². The minimum Gasteiger partial charge on any atom is -0.274 e. The summed E-state index contributed by atoms with van der Waals surface area (Å²) in [5.41, 5.74) is 2.06.